The van der Waals surface area contributed by atoms with Crippen LogP contribution in [-0.4, -0.2) is 50.6 Å². The maximum Gasteiger partial charge on any atom is 0.306 e. The number of hydrogen-bond donors (Lipinski definition) is 0. The molecule has 0 spiro atoms. The number of rotatable bonds is 41. The summed E-state index contributed by atoms with van der Waals surface area (Å²) in [6.45, 7) is 9.68. The highest BCUT2D eigenvalue weighted by Crippen LogP contribution is 2.16. The zero-order valence-corrected chi connectivity index (χ0v) is 34.1. The van der Waals surface area contributed by atoms with Crippen LogP contribution in [0, 0.1) is 0 Å². The van der Waals surface area contributed by atoms with E-state index in [9.17, 15) is 9.59 Å². The van der Waals surface area contributed by atoms with Crippen molar-refractivity contribution >= 4 is 11.9 Å². The Labute approximate surface area is 311 Å². The molecular weight excluding hydrogens is 624 g/mol. The smallest absolute Gasteiger partial charge is 0.306 e. The van der Waals surface area contributed by atoms with Gasteiger partial charge < -0.3 is 18.9 Å². The van der Waals surface area contributed by atoms with E-state index in [0.29, 0.717) is 26.1 Å². The lowest BCUT2D eigenvalue weighted by Crippen LogP contribution is -2.30. The lowest BCUT2D eigenvalue weighted by Gasteiger charge is -2.18. The molecule has 6 nitrogen and oxygen atoms in total. The van der Waals surface area contributed by atoms with E-state index in [2.05, 4.69) is 13.8 Å². The fourth-order valence-corrected chi connectivity index (χ4v) is 6.46. The van der Waals surface area contributed by atoms with Crippen molar-refractivity contribution < 1.29 is 28.5 Å². The van der Waals surface area contributed by atoms with Crippen LogP contribution in [0.25, 0.3) is 0 Å². The fourth-order valence-electron chi connectivity index (χ4n) is 6.46. The van der Waals surface area contributed by atoms with E-state index in [0.717, 1.165) is 25.7 Å². The van der Waals surface area contributed by atoms with Gasteiger partial charge in [0.25, 0.3) is 0 Å². The van der Waals surface area contributed by atoms with Crippen molar-refractivity contribution in [3.63, 3.8) is 0 Å². The molecule has 0 aromatic rings. The Morgan fingerprint density at radius 1 is 0.420 bits per heavy atom. The van der Waals surface area contributed by atoms with Gasteiger partial charge in [-0.05, 0) is 26.7 Å². The molecular formula is C44H86O6. The van der Waals surface area contributed by atoms with Gasteiger partial charge in [0.05, 0.1) is 25.9 Å². The molecule has 6 heteroatoms. The Hall–Kier alpha value is -1.14. The Bertz CT molecular complexity index is 696. The van der Waals surface area contributed by atoms with Crippen LogP contribution in [0.15, 0.2) is 0 Å². The van der Waals surface area contributed by atoms with E-state index in [-0.39, 0.29) is 31.3 Å². The number of ether oxygens (including phenoxy) is 4. The van der Waals surface area contributed by atoms with Crippen molar-refractivity contribution in [1.82, 2.24) is 0 Å². The zero-order valence-electron chi connectivity index (χ0n) is 34.1. The summed E-state index contributed by atoms with van der Waals surface area (Å²) in [7, 11) is 0. The summed E-state index contributed by atoms with van der Waals surface area (Å²) < 4.78 is 22.5. The number of esters is 2. The summed E-state index contributed by atoms with van der Waals surface area (Å²) in [5.74, 6) is -0.448. The van der Waals surface area contributed by atoms with Gasteiger partial charge in [0.1, 0.15) is 6.61 Å². The molecule has 0 saturated carbocycles. The second kappa shape index (κ2) is 40.6. The molecule has 0 N–H and O–H groups in total. The summed E-state index contributed by atoms with van der Waals surface area (Å²) in [5.41, 5.74) is 0. The van der Waals surface area contributed by atoms with E-state index in [4.69, 9.17) is 18.9 Å². The largest absolute Gasteiger partial charge is 0.462 e. The summed E-state index contributed by atoms with van der Waals surface area (Å²) in [6.07, 6.45) is 39.3. The van der Waals surface area contributed by atoms with Gasteiger partial charge in [-0.15, -0.1) is 0 Å². The summed E-state index contributed by atoms with van der Waals surface area (Å²) >= 11 is 0. The number of carbonyl (C=O) groups is 2. The van der Waals surface area contributed by atoms with Crippen molar-refractivity contribution in [2.24, 2.45) is 0 Å². The average molecular weight is 711 g/mol. The normalized spacial score (nSPS) is 12.1. The third-order valence-electron chi connectivity index (χ3n) is 9.68. The van der Waals surface area contributed by atoms with Gasteiger partial charge in [-0.3, -0.25) is 9.59 Å². The molecule has 0 radical (unpaired) electrons. The highest BCUT2D eigenvalue weighted by atomic mass is 16.6. The quantitative estimate of drug-likeness (QED) is 0.0465. The Kier molecular flexibility index (Phi) is 39.7. The molecule has 0 aliphatic rings. The molecule has 50 heavy (non-hydrogen) atoms. The van der Waals surface area contributed by atoms with E-state index >= 15 is 0 Å². The van der Waals surface area contributed by atoms with Crippen molar-refractivity contribution in [1.29, 1.82) is 0 Å². The van der Waals surface area contributed by atoms with Crippen LogP contribution in [0.3, 0.4) is 0 Å². The second-order valence-electron chi connectivity index (χ2n) is 15.2. The van der Waals surface area contributed by atoms with Crippen molar-refractivity contribution in [3.8, 4) is 0 Å². The monoisotopic (exact) mass is 711 g/mol. The first kappa shape index (κ1) is 48.9. The van der Waals surface area contributed by atoms with Gasteiger partial charge in [0, 0.05) is 12.8 Å². The van der Waals surface area contributed by atoms with E-state index in [1.807, 2.05) is 13.8 Å². The van der Waals surface area contributed by atoms with Crippen LogP contribution in [0.4, 0.5) is 0 Å². The summed E-state index contributed by atoms with van der Waals surface area (Å²) in [4.78, 5) is 25.0. The van der Waals surface area contributed by atoms with E-state index in [1.54, 1.807) is 0 Å². The minimum atomic E-state index is -0.581. The highest BCUT2D eigenvalue weighted by Gasteiger charge is 2.17. The van der Waals surface area contributed by atoms with Crippen LogP contribution in [-0.2, 0) is 28.5 Å². The lowest BCUT2D eigenvalue weighted by atomic mass is 10.0. The molecule has 1 atom stereocenters. The Morgan fingerprint density at radius 2 is 0.760 bits per heavy atom. The molecule has 0 aliphatic heterocycles. The van der Waals surface area contributed by atoms with Crippen LogP contribution in [0.1, 0.15) is 233 Å². The second-order valence-corrected chi connectivity index (χ2v) is 15.2. The zero-order chi connectivity index (χ0) is 36.6. The van der Waals surface area contributed by atoms with Crippen LogP contribution in [0.2, 0.25) is 0 Å². The molecule has 0 amide bonds. The average Bonchev–Trinajstić information content (AvgIpc) is 3.10. The van der Waals surface area contributed by atoms with Crippen LogP contribution in [0.5, 0.6) is 0 Å². The third-order valence-corrected chi connectivity index (χ3v) is 9.68. The summed E-state index contributed by atoms with van der Waals surface area (Å²) in [5, 5.41) is 0. The van der Waals surface area contributed by atoms with Crippen LogP contribution < -0.4 is 0 Å². The van der Waals surface area contributed by atoms with Crippen LogP contribution >= 0.6 is 0 Å². The van der Waals surface area contributed by atoms with Gasteiger partial charge in [-0.2, -0.15) is 0 Å². The third kappa shape index (κ3) is 39.6. The Morgan fingerprint density at radius 3 is 1.12 bits per heavy atom. The number of hydrogen-bond acceptors (Lipinski definition) is 6. The molecule has 1 unspecified atom stereocenters. The fraction of sp³-hybridized carbons (Fsp3) is 0.955. The molecule has 298 valence electrons. The molecule has 0 saturated heterocycles. The SMILES string of the molecule is CCCCCCCCCCCCCCCCCC(=O)OCC(COCCOC(C)C)OC(=O)CCCCCCCCCCCCCCCCC. The number of carbonyl (C=O) groups excluding carboxylic acids is 2. The minimum absolute atomic E-state index is 0.0488. The standard InChI is InChI=1S/C44H86O6/c1-5-7-9-11-13-15-17-19-21-23-25-27-29-31-33-35-43(45)49-40-42(39-47-37-38-48-41(3)4)50-44(46)36-34-32-30-28-26-24-22-20-18-16-14-12-10-8-6-2/h41-42H,5-40H2,1-4H3. The van der Waals surface area contributed by atoms with Gasteiger partial charge in [0.15, 0.2) is 6.10 Å². The molecule has 0 aromatic carbocycles. The topological polar surface area (TPSA) is 71.1 Å². The predicted molar refractivity (Wildman–Crippen MR) is 212 cm³/mol. The summed E-state index contributed by atoms with van der Waals surface area (Å²) in [6, 6.07) is 0. The van der Waals surface area contributed by atoms with Gasteiger partial charge >= 0.3 is 11.9 Å². The van der Waals surface area contributed by atoms with Crippen molar-refractivity contribution in [2.45, 2.75) is 245 Å². The first-order valence-corrected chi connectivity index (χ1v) is 22.0. The van der Waals surface area contributed by atoms with Gasteiger partial charge in [-0.1, -0.05) is 194 Å². The van der Waals surface area contributed by atoms with Crippen molar-refractivity contribution in [3.05, 3.63) is 0 Å². The molecule has 0 aliphatic carbocycles. The number of unbranched alkanes of at least 4 members (excludes halogenated alkanes) is 28. The molecule has 0 heterocycles. The van der Waals surface area contributed by atoms with Crippen molar-refractivity contribution in [2.75, 3.05) is 26.4 Å². The maximum atomic E-state index is 12.6. The van der Waals surface area contributed by atoms with E-state index in [1.165, 1.54) is 167 Å². The van der Waals surface area contributed by atoms with Gasteiger partial charge in [-0.25, -0.2) is 0 Å². The molecule has 0 bridgehead atoms. The maximum absolute atomic E-state index is 12.6. The molecule has 0 aromatic heterocycles. The predicted octanol–water partition coefficient (Wildman–Crippen LogP) is 13.4. The first-order chi connectivity index (χ1) is 24.5. The minimum Gasteiger partial charge on any atom is -0.462 e. The van der Waals surface area contributed by atoms with E-state index < -0.39 is 6.10 Å². The lowest BCUT2D eigenvalue weighted by molar-refractivity contribution is -0.163. The molecule has 0 fully saturated rings. The highest BCUT2D eigenvalue weighted by molar-refractivity contribution is 5.70. The molecule has 0 rings (SSSR count). The van der Waals surface area contributed by atoms with Gasteiger partial charge in [0.2, 0.25) is 0 Å². The first-order valence-electron chi connectivity index (χ1n) is 22.0. The Balaban J connectivity index is 3.97.